The van der Waals surface area contributed by atoms with Crippen LogP contribution in [0.5, 0.6) is 0 Å². The van der Waals surface area contributed by atoms with Gasteiger partial charge < -0.3 is 5.32 Å². The normalized spacial score (nSPS) is 16.1. The van der Waals surface area contributed by atoms with Gasteiger partial charge >= 0.3 is 0 Å². The number of benzene rings is 1. The Balaban J connectivity index is 1.72. The second-order valence-corrected chi connectivity index (χ2v) is 5.83. The van der Waals surface area contributed by atoms with Crippen LogP contribution in [0.25, 0.3) is 11.4 Å². The summed E-state index contributed by atoms with van der Waals surface area (Å²) in [5.74, 6) is -0.298. The van der Waals surface area contributed by atoms with Gasteiger partial charge in [0.15, 0.2) is 5.82 Å². The zero-order valence-corrected chi connectivity index (χ0v) is 12.5. The van der Waals surface area contributed by atoms with Gasteiger partial charge in [0.2, 0.25) is 12.3 Å². The molecule has 0 saturated heterocycles. The summed E-state index contributed by atoms with van der Waals surface area (Å²) < 4.78 is 25.5. The third-order valence-corrected chi connectivity index (χ3v) is 4.31. The minimum Gasteiger partial charge on any atom is -0.326 e. The molecule has 3 rings (SSSR count). The van der Waals surface area contributed by atoms with Crippen molar-refractivity contribution < 1.29 is 13.6 Å². The van der Waals surface area contributed by atoms with Crippen molar-refractivity contribution in [3.63, 3.8) is 0 Å². The first-order valence-corrected chi connectivity index (χ1v) is 7.68. The van der Waals surface area contributed by atoms with Crippen LogP contribution in [0.4, 0.5) is 14.5 Å². The number of hydrogen-bond acceptors (Lipinski definition) is 3. The SMILES string of the molecule is O=C(Nc1cccc(-c2ncn[nH]2)c1)C(CC(F)F)C1CCC1. The average molecular weight is 320 g/mol. The molecule has 0 radical (unpaired) electrons. The van der Waals surface area contributed by atoms with Gasteiger partial charge in [0.1, 0.15) is 6.33 Å². The molecule has 2 aromatic rings. The second kappa shape index (κ2) is 6.85. The van der Waals surface area contributed by atoms with Gasteiger partial charge in [-0.3, -0.25) is 9.89 Å². The molecule has 1 aromatic heterocycles. The Morgan fingerprint density at radius 3 is 2.83 bits per heavy atom. The summed E-state index contributed by atoms with van der Waals surface area (Å²) in [7, 11) is 0. The molecular formula is C16H18F2N4O. The summed E-state index contributed by atoms with van der Waals surface area (Å²) in [5, 5.41) is 9.30. The van der Waals surface area contributed by atoms with Crippen LogP contribution in [0.3, 0.4) is 0 Å². The Kier molecular flexibility index (Phi) is 4.64. The standard InChI is InChI=1S/C16H18F2N4O/c17-14(18)8-13(10-3-1-4-10)16(23)21-12-6-2-5-11(7-12)15-19-9-20-22-15/h2,5-7,9-10,13-14H,1,3-4,8H2,(H,21,23)(H,19,20,22). The molecule has 0 aliphatic heterocycles. The number of halogens is 2. The maximum absolute atomic E-state index is 12.8. The zero-order chi connectivity index (χ0) is 16.2. The van der Waals surface area contributed by atoms with Crippen molar-refractivity contribution in [2.75, 3.05) is 5.32 Å². The lowest BCUT2D eigenvalue weighted by molar-refractivity contribution is -0.124. The molecule has 1 heterocycles. The smallest absolute Gasteiger partial charge is 0.239 e. The second-order valence-electron chi connectivity index (χ2n) is 5.83. The first-order chi connectivity index (χ1) is 11.1. The summed E-state index contributed by atoms with van der Waals surface area (Å²) >= 11 is 0. The van der Waals surface area contributed by atoms with E-state index in [2.05, 4.69) is 20.5 Å². The molecule has 1 saturated carbocycles. The summed E-state index contributed by atoms with van der Waals surface area (Å²) in [6, 6.07) is 7.09. The van der Waals surface area contributed by atoms with Gasteiger partial charge in [-0.25, -0.2) is 13.8 Å². The predicted octanol–water partition coefficient (Wildman–Crippen LogP) is 3.48. The third kappa shape index (κ3) is 3.72. The highest BCUT2D eigenvalue weighted by Crippen LogP contribution is 2.37. The minimum absolute atomic E-state index is 0.0708. The third-order valence-electron chi connectivity index (χ3n) is 4.31. The molecule has 122 valence electrons. The van der Waals surface area contributed by atoms with E-state index in [4.69, 9.17) is 0 Å². The molecule has 1 aliphatic rings. The van der Waals surface area contributed by atoms with Crippen molar-refractivity contribution >= 4 is 11.6 Å². The molecule has 2 N–H and O–H groups in total. The van der Waals surface area contributed by atoms with Crippen LogP contribution in [0, 0.1) is 11.8 Å². The van der Waals surface area contributed by atoms with Crippen LogP contribution in [0.2, 0.25) is 0 Å². The number of nitrogens with zero attached hydrogens (tertiary/aromatic N) is 2. The van der Waals surface area contributed by atoms with Crippen molar-refractivity contribution in [3.05, 3.63) is 30.6 Å². The lowest BCUT2D eigenvalue weighted by Gasteiger charge is -2.32. The zero-order valence-electron chi connectivity index (χ0n) is 12.5. The Morgan fingerprint density at radius 2 is 2.22 bits per heavy atom. The lowest BCUT2D eigenvalue weighted by atomic mass is 9.74. The first kappa shape index (κ1) is 15.6. The van der Waals surface area contributed by atoms with E-state index < -0.39 is 12.3 Å². The number of aromatic amines is 1. The molecule has 7 heteroatoms. The highest BCUT2D eigenvalue weighted by molar-refractivity contribution is 5.93. The fourth-order valence-corrected chi connectivity index (χ4v) is 2.87. The lowest BCUT2D eigenvalue weighted by Crippen LogP contribution is -2.34. The topological polar surface area (TPSA) is 70.7 Å². The molecule has 1 unspecified atom stereocenters. The average Bonchev–Trinajstić information content (AvgIpc) is 2.98. The van der Waals surface area contributed by atoms with E-state index in [1.807, 2.05) is 6.07 Å². The molecule has 1 aliphatic carbocycles. The van der Waals surface area contributed by atoms with Gasteiger partial charge in [-0.1, -0.05) is 18.6 Å². The summed E-state index contributed by atoms with van der Waals surface area (Å²) in [5.41, 5.74) is 1.34. The molecule has 1 aromatic carbocycles. The molecular weight excluding hydrogens is 302 g/mol. The molecule has 1 fully saturated rings. The van der Waals surface area contributed by atoms with Crippen molar-refractivity contribution in [2.45, 2.75) is 32.1 Å². The van der Waals surface area contributed by atoms with Gasteiger partial charge in [0.25, 0.3) is 0 Å². The van der Waals surface area contributed by atoms with Gasteiger partial charge in [-0.05, 0) is 30.9 Å². The van der Waals surface area contributed by atoms with Crippen molar-refractivity contribution in [1.82, 2.24) is 15.2 Å². The fraction of sp³-hybridized carbons (Fsp3) is 0.438. The molecule has 0 bridgehead atoms. The number of alkyl halides is 2. The van der Waals surface area contributed by atoms with Crippen LogP contribution in [0.15, 0.2) is 30.6 Å². The molecule has 1 amide bonds. The summed E-state index contributed by atoms with van der Waals surface area (Å²) in [6.45, 7) is 0. The molecule has 1 atom stereocenters. The number of nitrogens with one attached hydrogen (secondary N) is 2. The monoisotopic (exact) mass is 320 g/mol. The Bertz CT molecular complexity index is 656. The van der Waals surface area contributed by atoms with E-state index in [0.29, 0.717) is 11.5 Å². The van der Waals surface area contributed by atoms with E-state index in [-0.39, 0.29) is 18.2 Å². The predicted molar refractivity (Wildman–Crippen MR) is 81.9 cm³/mol. The van der Waals surface area contributed by atoms with Crippen molar-refractivity contribution in [2.24, 2.45) is 11.8 Å². The molecule has 5 nitrogen and oxygen atoms in total. The van der Waals surface area contributed by atoms with Gasteiger partial charge in [-0.15, -0.1) is 0 Å². The van der Waals surface area contributed by atoms with Gasteiger partial charge in [-0.2, -0.15) is 5.10 Å². The van der Waals surface area contributed by atoms with Crippen LogP contribution < -0.4 is 5.32 Å². The first-order valence-electron chi connectivity index (χ1n) is 7.68. The number of rotatable bonds is 6. The fourth-order valence-electron chi connectivity index (χ4n) is 2.87. The minimum atomic E-state index is -2.47. The van der Waals surface area contributed by atoms with Crippen LogP contribution in [-0.4, -0.2) is 27.5 Å². The number of H-pyrrole nitrogens is 1. The summed E-state index contributed by atoms with van der Waals surface area (Å²) in [6.07, 6.45) is 1.27. The van der Waals surface area contributed by atoms with Crippen molar-refractivity contribution in [3.8, 4) is 11.4 Å². The number of aromatic nitrogens is 3. The Morgan fingerprint density at radius 1 is 1.39 bits per heavy atom. The molecule has 0 spiro atoms. The van der Waals surface area contributed by atoms with Crippen molar-refractivity contribution in [1.29, 1.82) is 0 Å². The van der Waals surface area contributed by atoms with E-state index >= 15 is 0 Å². The van der Waals surface area contributed by atoms with E-state index in [1.54, 1.807) is 18.2 Å². The maximum atomic E-state index is 12.8. The van der Waals surface area contributed by atoms with Crippen LogP contribution in [-0.2, 0) is 4.79 Å². The highest BCUT2D eigenvalue weighted by atomic mass is 19.3. The largest absolute Gasteiger partial charge is 0.326 e. The Hall–Kier alpha value is -2.31. The number of anilines is 1. The molecule has 23 heavy (non-hydrogen) atoms. The van der Waals surface area contributed by atoms with Crippen LogP contribution in [0.1, 0.15) is 25.7 Å². The number of amides is 1. The van der Waals surface area contributed by atoms with E-state index in [1.165, 1.54) is 6.33 Å². The number of carbonyl (C=O) groups is 1. The van der Waals surface area contributed by atoms with Crippen LogP contribution >= 0.6 is 0 Å². The summed E-state index contributed by atoms with van der Waals surface area (Å²) in [4.78, 5) is 16.5. The van der Waals surface area contributed by atoms with E-state index in [0.717, 1.165) is 24.8 Å². The number of hydrogen-bond donors (Lipinski definition) is 2. The van der Waals surface area contributed by atoms with E-state index in [9.17, 15) is 13.6 Å². The Labute approximate surface area is 132 Å². The highest BCUT2D eigenvalue weighted by Gasteiger charge is 2.34. The van der Waals surface area contributed by atoms with Gasteiger partial charge in [0, 0.05) is 23.6 Å². The number of carbonyl (C=O) groups excluding carboxylic acids is 1. The van der Waals surface area contributed by atoms with Gasteiger partial charge in [0.05, 0.1) is 0 Å². The quantitative estimate of drug-likeness (QED) is 0.856. The maximum Gasteiger partial charge on any atom is 0.239 e.